The molecule has 5 rings (SSSR count). The molecule has 0 aliphatic heterocycles. The summed E-state index contributed by atoms with van der Waals surface area (Å²) >= 11 is 0. The van der Waals surface area contributed by atoms with E-state index >= 15 is 0 Å². The Kier molecular flexibility index (Phi) is 7.46. The lowest BCUT2D eigenvalue weighted by Crippen LogP contribution is -2.28. The van der Waals surface area contributed by atoms with Crippen molar-refractivity contribution in [2.24, 2.45) is 0 Å². The van der Waals surface area contributed by atoms with Crippen molar-refractivity contribution in [3.8, 4) is 28.4 Å². The van der Waals surface area contributed by atoms with Gasteiger partial charge in [0.05, 0.1) is 40.2 Å². The van der Waals surface area contributed by atoms with Gasteiger partial charge in [0.15, 0.2) is 0 Å². The molecule has 216 valence electrons. The molecular formula is C31H31N5O5S. The second-order valence-corrected chi connectivity index (χ2v) is 12.7. The van der Waals surface area contributed by atoms with Gasteiger partial charge in [-0.15, -0.1) is 10.2 Å². The Morgan fingerprint density at radius 1 is 0.929 bits per heavy atom. The van der Waals surface area contributed by atoms with Gasteiger partial charge in [0.25, 0.3) is 10.0 Å². The van der Waals surface area contributed by atoms with Crippen LogP contribution in [0.25, 0.3) is 33.4 Å². The molecule has 0 amide bonds. The lowest BCUT2D eigenvalue weighted by Gasteiger charge is -2.22. The monoisotopic (exact) mass is 585 g/mol. The number of carbonyl (C=O) groups excluding carboxylic acids is 1. The van der Waals surface area contributed by atoms with Gasteiger partial charge in [-0.25, -0.2) is 17.8 Å². The first kappa shape index (κ1) is 28.7. The molecule has 0 N–H and O–H groups in total. The number of aromatic nitrogens is 4. The Morgan fingerprint density at radius 3 is 2.26 bits per heavy atom. The largest absolute Gasteiger partial charge is 0.479 e. The van der Waals surface area contributed by atoms with Gasteiger partial charge in [-0.05, 0) is 76.2 Å². The van der Waals surface area contributed by atoms with Gasteiger partial charge < -0.3 is 9.47 Å². The fraction of sp³-hybridized carbons (Fsp3) is 0.226. The lowest BCUT2D eigenvalue weighted by molar-refractivity contribution is 0.0547. The van der Waals surface area contributed by atoms with Crippen LogP contribution in [0.15, 0.2) is 84.0 Å². The first-order valence-corrected chi connectivity index (χ1v) is 14.6. The highest BCUT2D eigenvalue weighted by Crippen LogP contribution is 2.37. The van der Waals surface area contributed by atoms with E-state index in [-0.39, 0.29) is 10.8 Å². The molecule has 0 atom stereocenters. The van der Waals surface area contributed by atoms with E-state index < -0.39 is 21.7 Å². The van der Waals surface area contributed by atoms with Gasteiger partial charge in [0.1, 0.15) is 5.60 Å². The van der Waals surface area contributed by atoms with Crippen molar-refractivity contribution in [3.05, 3.63) is 84.7 Å². The van der Waals surface area contributed by atoms with Crippen molar-refractivity contribution < 1.29 is 22.7 Å². The Hall–Kier alpha value is -4.77. The number of nitrogens with zero attached hydrogens (tertiary/aromatic N) is 5. The molecule has 0 radical (unpaired) electrons. The topological polar surface area (TPSA) is 117 Å². The Balaban J connectivity index is 1.70. The van der Waals surface area contributed by atoms with Gasteiger partial charge in [-0.3, -0.25) is 9.29 Å². The third-order valence-corrected chi connectivity index (χ3v) is 8.41. The molecule has 5 aromatic rings. The van der Waals surface area contributed by atoms with E-state index in [0.717, 1.165) is 11.1 Å². The Morgan fingerprint density at radius 2 is 1.62 bits per heavy atom. The van der Waals surface area contributed by atoms with E-state index in [1.54, 1.807) is 93.8 Å². The van der Waals surface area contributed by atoms with Crippen LogP contribution >= 0.6 is 0 Å². The SMILES string of the molecule is COc1nnc(-c2ccncc2)cc1-c1cc2ccc(N(C)S(=O)(=O)c3ccc(C)cc3)cc2n1C(=O)OC(C)(C)C. The second-order valence-electron chi connectivity index (χ2n) is 10.8. The zero-order valence-corrected chi connectivity index (χ0v) is 25.0. The smallest absolute Gasteiger partial charge is 0.419 e. The molecular weight excluding hydrogens is 554 g/mol. The van der Waals surface area contributed by atoms with E-state index in [9.17, 15) is 13.2 Å². The van der Waals surface area contributed by atoms with Crippen molar-refractivity contribution in [2.45, 2.75) is 38.2 Å². The number of methoxy groups -OCH3 is 1. The molecule has 10 nitrogen and oxygen atoms in total. The Labute approximate surface area is 244 Å². The first-order valence-electron chi connectivity index (χ1n) is 13.2. The molecule has 42 heavy (non-hydrogen) atoms. The number of anilines is 1. The van der Waals surface area contributed by atoms with Gasteiger partial charge in [-0.1, -0.05) is 23.8 Å². The van der Waals surface area contributed by atoms with Crippen molar-refractivity contribution in [2.75, 3.05) is 18.5 Å². The summed E-state index contributed by atoms with van der Waals surface area (Å²) in [5.74, 6) is 0.208. The molecule has 3 aromatic heterocycles. The van der Waals surface area contributed by atoms with Gasteiger partial charge >= 0.3 is 6.09 Å². The summed E-state index contributed by atoms with van der Waals surface area (Å²) in [5, 5.41) is 9.24. The fourth-order valence-electron chi connectivity index (χ4n) is 4.47. The molecule has 3 heterocycles. The number of aryl methyl sites for hydroxylation is 1. The van der Waals surface area contributed by atoms with Crippen molar-refractivity contribution >= 4 is 32.7 Å². The number of ether oxygens (including phenoxy) is 2. The van der Waals surface area contributed by atoms with E-state index in [1.807, 2.05) is 13.0 Å². The molecule has 0 fully saturated rings. The average Bonchev–Trinajstić information content (AvgIpc) is 3.35. The number of pyridine rings is 1. The molecule has 0 aliphatic carbocycles. The fourth-order valence-corrected chi connectivity index (χ4v) is 5.66. The maximum atomic E-state index is 13.7. The van der Waals surface area contributed by atoms with E-state index in [0.29, 0.717) is 33.5 Å². The van der Waals surface area contributed by atoms with Crippen LogP contribution in [0, 0.1) is 6.92 Å². The number of hydrogen-bond donors (Lipinski definition) is 0. The van der Waals surface area contributed by atoms with Crippen molar-refractivity contribution in [1.82, 2.24) is 19.7 Å². The highest BCUT2D eigenvalue weighted by molar-refractivity contribution is 7.92. The Bertz CT molecular complexity index is 1880. The zero-order valence-electron chi connectivity index (χ0n) is 24.2. The normalized spacial score (nSPS) is 11.9. The maximum Gasteiger partial charge on any atom is 0.419 e. The molecule has 2 aromatic carbocycles. The highest BCUT2D eigenvalue weighted by Gasteiger charge is 2.27. The second kappa shape index (κ2) is 10.9. The van der Waals surface area contributed by atoms with Crippen LogP contribution < -0.4 is 9.04 Å². The summed E-state index contributed by atoms with van der Waals surface area (Å²) in [6.07, 6.45) is 2.67. The number of carbonyl (C=O) groups is 1. The number of fused-ring (bicyclic) bond motifs is 1. The summed E-state index contributed by atoms with van der Waals surface area (Å²) in [6.45, 7) is 7.23. The van der Waals surface area contributed by atoms with Gasteiger partial charge in [0, 0.05) is 30.4 Å². The molecule has 0 bridgehead atoms. The summed E-state index contributed by atoms with van der Waals surface area (Å²) < 4.78 is 40.9. The predicted molar refractivity (Wildman–Crippen MR) is 161 cm³/mol. The summed E-state index contributed by atoms with van der Waals surface area (Å²) in [4.78, 5) is 18.0. The first-order chi connectivity index (χ1) is 19.9. The van der Waals surface area contributed by atoms with E-state index in [4.69, 9.17) is 9.47 Å². The van der Waals surface area contributed by atoms with Crippen molar-refractivity contribution in [3.63, 3.8) is 0 Å². The molecule has 0 saturated carbocycles. The quantitative estimate of drug-likeness (QED) is 0.235. The van der Waals surface area contributed by atoms with Crippen LogP contribution in [-0.4, -0.2) is 54.0 Å². The van der Waals surface area contributed by atoms with Crippen LogP contribution in [0.1, 0.15) is 26.3 Å². The minimum absolute atomic E-state index is 0.162. The third-order valence-electron chi connectivity index (χ3n) is 6.61. The van der Waals surface area contributed by atoms with Gasteiger partial charge in [-0.2, -0.15) is 0 Å². The van der Waals surface area contributed by atoms with Crippen molar-refractivity contribution in [1.29, 1.82) is 0 Å². The number of sulfonamides is 1. The average molecular weight is 586 g/mol. The minimum atomic E-state index is -3.87. The molecule has 0 aliphatic rings. The van der Waals surface area contributed by atoms with Crippen LogP contribution in [0.4, 0.5) is 10.5 Å². The molecule has 0 saturated heterocycles. The number of hydrogen-bond acceptors (Lipinski definition) is 8. The lowest BCUT2D eigenvalue weighted by atomic mass is 10.1. The number of rotatable bonds is 6. The maximum absolute atomic E-state index is 13.7. The summed E-state index contributed by atoms with van der Waals surface area (Å²) in [5.41, 5.74) is 3.27. The highest BCUT2D eigenvalue weighted by atomic mass is 32.2. The number of benzene rings is 2. The summed E-state index contributed by atoms with van der Waals surface area (Å²) in [7, 11) is -0.911. The van der Waals surface area contributed by atoms with E-state index in [1.165, 1.54) is 23.0 Å². The van der Waals surface area contributed by atoms with Crippen LogP contribution in [0.2, 0.25) is 0 Å². The molecule has 11 heteroatoms. The molecule has 0 spiro atoms. The van der Waals surface area contributed by atoms with E-state index in [2.05, 4.69) is 15.2 Å². The third kappa shape index (κ3) is 5.55. The predicted octanol–water partition coefficient (Wildman–Crippen LogP) is 6.09. The van der Waals surface area contributed by atoms with Crippen LogP contribution in [0.5, 0.6) is 5.88 Å². The minimum Gasteiger partial charge on any atom is -0.479 e. The molecule has 0 unspecified atom stereocenters. The van der Waals surface area contributed by atoms with Crippen LogP contribution in [-0.2, 0) is 14.8 Å². The standard InChI is InChI=1S/C31H31N5O5S/c1-20-7-11-24(12-8-20)42(38,39)35(5)23-10-9-22-17-28(36(27(22)18-23)30(37)41-31(2,3)4)25-19-26(33-34-29(25)40-6)21-13-15-32-16-14-21/h7-19H,1-6H3. The summed E-state index contributed by atoms with van der Waals surface area (Å²) in [6, 6.07) is 19.0. The van der Waals surface area contributed by atoms with Gasteiger partial charge in [0.2, 0.25) is 5.88 Å². The zero-order chi connectivity index (χ0) is 30.2. The van der Waals surface area contributed by atoms with Crippen LogP contribution in [0.3, 0.4) is 0 Å².